The maximum absolute atomic E-state index is 12.2. The molecule has 4 nitrogen and oxygen atoms in total. The molecular formula is C15H19F3N2O2. The van der Waals surface area contributed by atoms with E-state index in [0.29, 0.717) is 17.8 Å². The van der Waals surface area contributed by atoms with Crippen molar-refractivity contribution in [3.05, 3.63) is 23.8 Å². The summed E-state index contributed by atoms with van der Waals surface area (Å²) >= 11 is 0. The van der Waals surface area contributed by atoms with Crippen LogP contribution >= 0.6 is 0 Å². The Morgan fingerprint density at radius 2 is 2.23 bits per heavy atom. The summed E-state index contributed by atoms with van der Waals surface area (Å²) in [6.07, 6.45) is -2.65. The molecule has 1 atom stereocenters. The first-order valence-electron chi connectivity index (χ1n) is 7.17. The highest BCUT2D eigenvalue weighted by Gasteiger charge is 2.29. The summed E-state index contributed by atoms with van der Waals surface area (Å²) in [6, 6.07) is 4.68. The Morgan fingerprint density at radius 3 is 2.86 bits per heavy atom. The standard InChI is InChI=1S/C15H19F3N2O2/c1-10-12(20-14(21)11-4-3-7-19-8-11)5-2-6-13(10)22-9-15(16,17)18/h2,5-6,11,19H,3-4,7-9H2,1H3,(H,20,21). The van der Waals surface area contributed by atoms with Gasteiger partial charge in [0, 0.05) is 17.8 Å². The maximum atomic E-state index is 12.2. The molecule has 1 aromatic rings. The van der Waals surface area contributed by atoms with E-state index in [1.165, 1.54) is 6.07 Å². The fraction of sp³-hybridized carbons (Fsp3) is 0.533. The normalized spacial score (nSPS) is 18.8. The van der Waals surface area contributed by atoms with Gasteiger partial charge in [-0.2, -0.15) is 13.2 Å². The Morgan fingerprint density at radius 1 is 1.45 bits per heavy atom. The summed E-state index contributed by atoms with van der Waals surface area (Å²) < 4.78 is 41.5. The van der Waals surface area contributed by atoms with Crippen LogP contribution in [0.5, 0.6) is 5.75 Å². The molecule has 22 heavy (non-hydrogen) atoms. The Hall–Kier alpha value is -1.76. The molecule has 0 bridgehead atoms. The molecule has 1 unspecified atom stereocenters. The molecule has 2 rings (SSSR count). The van der Waals surface area contributed by atoms with Crippen LogP contribution < -0.4 is 15.4 Å². The van der Waals surface area contributed by atoms with Gasteiger partial charge in [-0.05, 0) is 38.4 Å². The number of alkyl halides is 3. The van der Waals surface area contributed by atoms with Gasteiger partial charge in [0.05, 0.1) is 5.92 Å². The predicted molar refractivity (Wildman–Crippen MR) is 77.0 cm³/mol. The first-order chi connectivity index (χ1) is 10.4. The van der Waals surface area contributed by atoms with E-state index in [-0.39, 0.29) is 17.6 Å². The van der Waals surface area contributed by atoms with Gasteiger partial charge in [0.1, 0.15) is 5.75 Å². The molecule has 0 spiro atoms. The fourth-order valence-corrected chi connectivity index (χ4v) is 2.38. The second kappa shape index (κ2) is 7.00. The molecule has 7 heteroatoms. The molecule has 0 aromatic heterocycles. The monoisotopic (exact) mass is 316 g/mol. The first-order valence-corrected chi connectivity index (χ1v) is 7.17. The predicted octanol–water partition coefficient (Wildman–Crippen LogP) is 2.87. The third kappa shape index (κ3) is 4.62. The highest BCUT2D eigenvalue weighted by atomic mass is 19.4. The number of rotatable bonds is 4. The van der Waals surface area contributed by atoms with Gasteiger partial charge < -0.3 is 15.4 Å². The number of carbonyl (C=O) groups excluding carboxylic acids is 1. The highest BCUT2D eigenvalue weighted by Crippen LogP contribution is 2.28. The lowest BCUT2D eigenvalue weighted by Gasteiger charge is -2.22. The van der Waals surface area contributed by atoms with Crippen LogP contribution in [0.25, 0.3) is 0 Å². The minimum Gasteiger partial charge on any atom is -0.484 e. The molecule has 122 valence electrons. The van der Waals surface area contributed by atoms with Gasteiger partial charge in [-0.25, -0.2) is 0 Å². The quantitative estimate of drug-likeness (QED) is 0.898. The topological polar surface area (TPSA) is 50.4 Å². The van der Waals surface area contributed by atoms with Crippen molar-refractivity contribution in [3.8, 4) is 5.75 Å². The zero-order valence-electron chi connectivity index (χ0n) is 12.3. The minimum atomic E-state index is -4.39. The van der Waals surface area contributed by atoms with Crippen LogP contribution in [-0.4, -0.2) is 31.8 Å². The molecule has 1 fully saturated rings. The van der Waals surface area contributed by atoms with Gasteiger partial charge in [0.15, 0.2) is 6.61 Å². The molecule has 1 aliphatic rings. The number of hydrogen-bond donors (Lipinski definition) is 2. The van der Waals surface area contributed by atoms with E-state index in [4.69, 9.17) is 4.74 Å². The third-order valence-electron chi connectivity index (χ3n) is 3.60. The first kappa shape index (κ1) is 16.6. The van der Waals surface area contributed by atoms with Crippen molar-refractivity contribution < 1.29 is 22.7 Å². The smallest absolute Gasteiger partial charge is 0.422 e. The zero-order valence-corrected chi connectivity index (χ0v) is 12.3. The Labute approximate surface area is 127 Å². The molecule has 1 aliphatic heterocycles. The van der Waals surface area contributed by atoms with E-state index in [1.807, 2.05) is 0 Å². The lowest BCUT2D eigenvalue weighted by molar-refractivity contribution is -0.153. The van der Waals surface area contributed by atoms with Gasteiger partial charge in [0.2, 0.25) is 5.91 Å². The summed E-state index contributed by atoms with van der Waals surface area (Å²) in [4.78, 5) is 12.2. The van der Waals surface area contributed by atoms with Crippen LogP contribution in [0.4, 0.5) is 18.9 Å². The number of piperidine rings is 1. The lowest BCUT2D eigenvalue weighted by atomic mass is 9.98. The van der Waals surface area contributed by atoms with Crippen LogP contribution in [0.15, 0.2) is 18.2 Å². The molecule has 0 saturated carbocycles. The average Bonchev–Trinajstić information content (AvgIpc) is 2.48. The van der Waals surface area contributed by atoms with Crippen molar-refractivity contribution in [1.29, 1.82) is 0 Å². The summed E-state index contributed by atoms with van der Waals surface area (Å²) in [6.45, 7) is 1.80. The molecule has 0 radical (unpaired) electrons. The Bertz CT molecular complexity index is 526. The van der Waals surface area contributed by atoms with Gasteiger partial charge in [0.25, 0.3) is 0 Å². The molecule has 1 saturated heterocycles. The van der Waals surface area contributed by atoms with Crippen LogP contribution in [0, 0.1) is 12.8 Å². The third-order valence-corrected chi connectivity index (χ3v) is 3.60. The summed E-state index contributed by atoms with van der Waals surface area (Å²) in [5, 5.41) is 5.93. The molecular weight excluding hydrogens is 297 g/mol. The van der Waals surface area contributed by atoms with Gasteiger partial charge >= 0.3 is 6.18 Å². The summed E-state index contributed by atoms with van der Waals surface area (Å²) in [5.41, 5.74) is 0.971. The highest BCUT2D eigenvalue weighted by molar-refractivity contribution is 5.93. The zero-order chi connectivity index (χ0) is 16.2. The number of ether oxygens (including phenoxy) is 1. The average molecular weight is 316 g/mol. The number of hydrogen-bond acceptors (Lipinski definition) is 3. The number of halogens is 3. The summed E-state index contributed by atoms with van der Waals surface area (Å²) in [7, 11) is 0. The van der Waals surface area contributed by atoms with Crippen LogP contribution in [0.2, 0.25) is 0 Å². The van der Waals surface area contributed by atoms with E-state index >= 15 is 0 Å². The summed E-state index contributed by atoms with van der Waals surface area (Å²) in [5.74, 6) is -0.118. The van der Waals surface area contributed by atoms with Crippen LogP contribution in [0.3, 0.4) is 0 Å². The number of amides is 1. The Balaban J connectivity index is 2.03. The van der Waals surface area contributed by atoms with Crippen molar-refractivity contribution in [2.75, 3.05) is 25.0 Å². The van der Waals surface area contributed by atoms with Crippen molar-refractivity contribution in [1.82, 2.24) is 5.32 Å². The van der Waals surface area contributed by atoms with E-state index in [9.17, 15) is 18.0 Å². The van der Waals surface area contributed by atoms with Crippen LogP contribution in [-0.2, 0) is 4.79 Å². The van der Waals surface area contributed by atoms with Crippen molar-refractivity contribution in [2.24, 2.45) is 5.92 Å². The molecule has 1 aromatic carbocycles. The largest absolute Gasteiger partial charge is 0.484 e. The van der Waals surface area contributed by atoms with Gasteiger partial charge in [-0.3, -0.25) is 4.79 Å². The van der Waals surface area contributed by atoms with E-state index in [0.717, 1.165) is 19.4 Å². The van der Waals surface area contributed by atoms with E-state index in [1.54, 1.807) is 19.1 Å². The number of nitrogens with one attached hydrogen (secondary N) is 2. The Kier molecular flexibility index (Phi) is 5.28. The van der Waals surface area contributed by atoms with E-state index < -0.39 is 12.8 Å². The van der Waals surface area contributed by atoms with E-state index in [2.05, 4.69) is 10.6 Å². The van der Waals surface area contributed by atoms with Gasteiger partial charge in [-0.1, -0.05) is 6.07 Å². The lowest BCUT2D eigenvalue weighted by Crippen LogP contribution is -2.37. The number of benzene rings is 1. The van der Waals surface area contributed by atoms with Crippen molar-refractivity contribution >= 4 is 11.6 Å². The maximum Gasteiger partial charge on any atom is 0.422 e. The van der Waals surface area contributed by atoms with Crippen molar-refractivity contribution in [3.63, 3.8) is 0 Å². The second-order valence-electron chi connectivity index (χ2n) is 5.37. The minimum absolute atomic E-state index is 0.118. The van der Waals surface area contributed by atoms with Crippen molar-refractivity contribution in [2.45, 2.75) is 25.9 Å². The van der Waals surface area contributed by atoms with Gasteiger partial charge in [-0.15, -0.1) is 0 Å². The number of carbonyl (C=O) groups is 1. The molecule has 0 aliphatic carbocycles. The number of anilines is 1. The molecule has 1 heterocycles. The molecule has 1 amide bonds. The fourth-order valence-electron chi connectivity index (χ4n) is 2.38. The molecule has 2 N–H and O–H groups in total. The van der Waals surface area contributed by atoms with Crippen LogP contribution in [0.1, 0.15) is 18.4 Å². The SMILES string of the molecule is Cc1c(NC(=O)C2CCCNC2)cccc1OCC(F)(F)F. The second-order valence-corrected chi connectivity index (χ2v) is 5.37.